The van der Waals surface area contributed by atoms with Gasteiger partial charge < -0.3 is 21.7 Å². The van der Waals surface area contributed by atoms with E-state index in [1.165, 1.54) is 18.3 Å². The highest BCUT2D eigenvalue weighted by atomic mass is 19.1. The molecule has 1 aliphatic heterocycles. The molecule has 0 bridgehead atoms. The highest BCUT2D eigenvalue weighted by molar-refractivity contribution is 6.05. The van der Waals surface area contributed by atoms with Gasteiger partial charge >= 0.3 is 6.03 Å². The average Bonchev–Trinajstić information content (AvgIpc) is 2.76. The molecule has 7 nitrogen and oxygen atoms in total. The van der Waals surface area contributed by atoms with Gasteiger partial charge in [-0.2, -0.15) is 4.99 Å². The quantitative estimate of drug-likeness (QED) is 0.757. The van der Waals surface area contributed by atoms with E-state index in [2.05, 4.69) is 15.3 Å². The van der Waals surface area contributed by atoms with E-state index < -0.39 is 6.03 Å². The number of rotatable bonds is 4. The van der Waals surface area contributed by atoms with Crippen molar-refractivity contribution in [2.45, 2.75) is 6.42 Å². The van der Waals surface area contributed by atoms with Gasteiger partial charge in [0.1, 0.15) is 11.7 Å². The largest absolute Gasteiger partial charge is 0.398 e. The van der Waals surface area contributed by atoms with Gasteiger partial charge in [-0.25, -0.2) is 14.2 Å². The average molecular weight is 358 g/mol. The minimum absolute atomic E-state index is 0.309. The predicted molar refractivity (Wildman–Crippen MR) is 102 cm³/mol. The summed E-state index contributed by atoms with van der Waals surface area (Å²) in [4.78, 5) is 21.9. The zero-order valence-electron chi connectivity index (χ0n) is 14.9. The molecule has 0 fully saturated rings. The minimum atomic E-state index is -0.454. The van der Waals surface area contributed by atoms with Gasteiger partial charge in [-0.3, -0.25) is 0 Å². The van der Waals surface area contributed by atoms with Crippen molar-refractivity contribution in [2.75, 3.05) is 27.2 Å². The molecule has 5 N–H and O–H groups in total. The molecule has 0 aromatic heterocycles. The molecule has 0 saturated carbocycles. The first-order valence-electron chi connectivity index (χ1n) is 8.12. The van der Waals surface area contributed by atoms with E-state index in [0.717, 1.165) is 0 Å². The molecule has 1 heterocycles. The van der Waals surface area contributed by atoms with Crippen LogP contribution in [0.3, 0.4) is 0 Å². The smallest absolute Gasteiger partial charge is 0.342 e. The van der Waals surface area contributed by atoms with Crippen LogP contribution in [0.25, 0.3) is 5.70 Å². The fourth-order valence-electron chi connectivity index (χ4n) is 2.21. The molecule has 2 amide bonds. The molecule has 1 aromatic carbocycles. The van der Waals surface area contributed by atoms with E-state index in [1.54, 1.807) is 18.2 Å². The number of carbonyl (C=O) groups is 1. The second kappa shape index (κ2) is 8.91. The van der Waals surface area contributed by atoms with Crippen molar-refractivity contribution >= 4 is 23.8 Å². The number of amidine groups is 1. The topological polar surface area (TPSA) is 109 Å². The molecule has 0 radical (unpaired) electrons. The van der Waals surface area contributed by atoms with Gasteiger partial charge in [0, 0.05) is 42.7 Å². The summed E-state index contributed by atoms with van der Waals surface area (Å²) in [6, 6.07) is 5.32. The Morgan fingerprint density at radius 3 is 2.69 bits per heavy atom. The highest BCUT2D eigenvalue weighted by Crippen LogP contribution is 2.19. The second-order valence-corrected chi connectivity index (χ2v) is 6.02. The molecule has 0 spiro atoms. The van der Waals surface area contributed by atoms with Crippen LogP contribution in [0, 0.1) is 5.82 Å². The van der Waals surface area contributed by atoms with Crippen LogP contribution < -0.4 is 16.8 Å². The predicted octanol–water partition coefficient (Wildman–Crippen LogP) is 1.48. The number of halogens is 1. The van der Waals surface area contributed by atoms with Gasteiger partial charge in [0.25, 0.3) is 0 Å². The van der Waals surface area contributed by atoms with E-state index in [9.17, 15) is 9.18 Å². The van der Waals surface area contributed by atoms with Crippen LogP contribution in [0.15, 0.2) is 51.6 Å². The SMILES string of the molecule is CN(C)CCNC(=O)/N=C1/CC=C(N)/C(=C(\N)c2ccc(F)cc2)C=N1. The first-order valence-corrected chi connectivity index (χ1v) is 8.12. The molecule has 1 aromatic rings. The molecular formula is C18H23FN6O. The third kappa shape index (κ3) is 5.52. The lowest BCUT2D eigenvalue weighted by Gasteiger charge is -2.08. The Morgan fingerprint density at radius 1 is 1.35 bits per heavy atom. The Balaban J connectivity index is 2.17. The fourth-order valence-corrected chi connectivity index (χ4v) is 2.21. The van der Waals surface area contributed by atoms with E-state index in [4.69, 9.17) is 11.5 Å². The van der Waals surface area contributed by atoms with Crippen LogP contribution in [-0.2, 0) is 0 Å². The summed E-state index contributed by atoms with van der Waals surface area (Å²) < 4.78 is 13.1. The second-order valence-electron chi connectivity index (χ2n) is 6.02. The number of urea groups is 1. The van der Waals surface area contributed by atoms with E-state index in [1.807, 2.05) is 19.0 Å². The van der Waals surface area contributed by atoms with Crippen LogP contribution in [0.1, 0.15) is 12.0 Å². The van der Waals surface area contributed by atoms with Gasteiger partial charge in [0.05, 0.1) is 0 Å². The fraction of sp³-hybridized carbons (Fsp3) is 0.278. The third-order valence-electron chi connectivity index (χ3n) is 3.67. The van der Waals surface area contributed by atoms with E-state index in [0.29, 0.717) is 47.9 Å². The number of hydrogen-bond acceptors (Lipinski definition) is 4. The third-order valence-corrected chi connectivity index (χ3v) is 3.67. The van der Waals surface area contributed by atoms with Crippen molar-refractivity contribution in [3.63, 3.8) is 0 Å². The van der Waals surface area contributed by atoms with Gasteiger partial charge in [-0.05, 0) is 43.9 Å². The van der Waals surface area contributed by atoms with Crippen LogP contribution >= 0.6 is 0 Å². The van der Waals surface area contributed by atoms with Crippen molar-refractivity contribution in [1.82, 2.24) is 10.2 Å². The Morgan fingerprint density at radius 2 is 2.04 bits per heavy atom. The molecule has 138 valence electrons. The number of carbonyl (C=O) groups excluding carboxylic acids is 1. The number of likely N-dealkylation sites (N-methyl/N-ethyl adjacent to an activating group) is 1. The number of hydrogen-bond donors (Lipinski definition) is 3. The monoisotopic (exact) mass is 358 g/mol. The normalized spacial score (nSPS) is 17.8. The van der Waals surface area contributed by atoms with Crippen LogP contribution in [0.2, 0.25) is 0 Å². The molecule has 2 rings (SSSR count). The molecule has 1 aliphatic rings. The minimum Gasteiger partial charge on any atom is -0.398 e. The number of benzene rings is 1. The molecule has 26 heavy (non-hydrogen) atoms. The molecule has 0 aliphatic carbocycles. The summed E-state index contributed by atoms with van der Waals surface area (Å²) in [5, 5.41) is 2.69. The number of aliphatic imine (C=N–C) groups is 2. The summed E-state index contributed by atoms with van der Waals surface area (Å²) in [5.41, 5.74) is 14.1. The molecule has 0 atom stereocenters. The number of amides is 2. The molecule has 0 unspecified atom stereocenters. The molecular weight excluding hydrogens is 335 g/mol. The summed E-state index contributed by atoms with van der Waals surface area (Å²) in [6.45, 7) is 1.21. The number of nitrogens with one attached hydrogen (secondary N) is 1. The maximum absolute atomic E-state index is 13.1. The first-order chi connectivity index (χ1) is 12.4. The lowest BCUT2D eigenvalue weighted by Crippen LogP contribution is -2.29. The highest BCUT2D eigenvalue weighted by Gasteiger charge is 2.12. The molecule has 8 heteroatoms. The van der Waals surface area contributed by atoms with Crippen LogP contribution in [-0.4, -0.2) is 50.2 Å². The van der Waals surface area contributed by atoms with Crippen molar-refractivity contribution in [3.8, 4) is 0 Å². The van der Waals surface area contributed by atoms with Crippen molar-refractivity contribution in [2.24, 2.45) is 21.5 Å². The standard InChI is InChI=1S/C18H23FN6O/c1-25(2)10-9-22-18(26)24-16-8-7-15(20)14(11-23-16)17(21)12-3-5-13(19)6-4-12/h3-7,11H,8-10,20-21H2,1-2H3,(H,22,26)/b17-14-,24-16-. The Kier molecular flexibility index (Phi) is 6.62. The Labute approximate surface area is 152 Å². The number of nitrogens with two attached hydrogens (primary N) is 2. The van der Waals surface area contributed by atoms with Crippen molar-refractivity contribution < 1.29 is 9.18 Å². The van der Waals surface area contributed by atoms with Crippen molar-refractivity contribution in [1.29, 1.82) is 0 Å². The first kappa shape index (κ1) is 19.3. The lowest BCUT2D eigenvalue weighted by atomic mass is 10.0. The van der Waals surface area contributed by atoms with E-state index in [-0.39, 0.29) is 5.82 Å². The zero-order valence-corrected chi connectivity index (χ0v) is 14.9. The number of nitrogens with zero attached hydrogens (tertiary/aromatic N) is 3. The number of allylic oxidation sites excluding steroid dienone is 1. The summed E-state index contributed by atoms with van der Waals surface area (Å²) in [5.74, 6) is -0.0171. The molecule has 0 saturated heterocycles. The summed E-state index contributed by atoms with van der Waals surface area (Å²) in [6.07, 6.45) is 3.48. The summed E-state index contributed by atoms with van der Waals surface area (Å²) >= 11 is 0. The lowest BCUT2D eigenvalue weighted by molar-refractivity contribution is 0.248. The maximum Gasteiger partial charge on any atom is 0.342 e. The van der Waals surface area contributed by atoms with Gasteiger partial charge in [0.2, 0.25) is 0 Å². The Hall–Kier alpha value is -3.00. The van der Waals surface area contributed by atoms with Gasteiger partial charge in [-0.15, -0.1) is 0 Å². The maximum atomic E-state index is 13.1. The van der Waals surface area contributed by atoms with Crippen LogP contribution in [0.4, 0.5) is 9.18 Å². The van der Waals surface area contributed by atoms with Crippen molar-refractivity contribution in [3.05, 3.63) is 53.0 Å². The van der Waals surface area contributed by atoms with E-state index >= 15 is 0 Å². The Bertz CT molecular complexity index is 777. The van der Waals surface area contributed by atoms with Gasteiger partial charge in [0.15, 0.2) is 0 Å². The summed E-state index contributed by atoms with van der Waals surface area (Å²) in [7, 11) is 3.83. The van der Waals surface area contributed by atoms with Crippen LogP contribution in [0.5, 0.6) is 0 Å². The van der Waals surface area contributed by atoms with Gasteiger partial charge in [-0.1, -0.05) is 6.08 Å². The zero-order chi connectivity index (χ0) is 19.1.